The van der Waals surface area contributed by atoms with Crippen molar-refractivity contribution in [1.29, 1.82) is 0 Å². The lowest BCUT2D eigenvalue weighted by molar-refractivity contribution is -0.149. The molecule has 1 aliphatic heterocycles. The van der Waals surface area contributed by atoms with Gasteiger partial charge in [0.25, 0.3) is 5.91 Å². The summed E-state index contributed by atoms with van der Waals surface area (Å²) in [6.45, 7) is 3.58. The van der Waals surface area contributed by atoms with Crippen molar-refractivity contribution in [2.24, 2.45) is 0 Å². The molecule has 0 saturated carbocycles. The molecule has 0 N–H and O–H groups in total. The lowest BCUT2D eigenvalue weighted by atomic mass is 10.1. The Labute approximate surface area is 170 Å². The van der Waals surface area contributed by atoms with Crippen LogP contribution in [0.15, 0.2) is 48.5 Å². The first kappa shape index (κ1) is 20.5. The standard InChI is InChI=1S/C23H25NO5/c1-15-13-18-7-5-6-8-19(18)24(15)23(26)16(2)29-22(25)12-10-17-9-11-20(27-3)21(14-17)28-4/h5-12,14-16H,13H2,1-4H3/b12-10+/t15-,16-/m1/s1. The predicted molar refractivity (Wildman–Crippen MR) is 111 cm³/mol. The number of benzene rings is 2. The summed E-state index contributed by atoms with van der Waals surface area (Å²) < 4.78 is 15.8. The Morgan fingerprint density at radius 2 is 1.83 bits per heavy atom. The first-order valence-corrected chi connectivity index (χ1v) is 9.46. The number of hydrogen-bond donors (Lipinski definition) is 0. The van der Waals surface area contributed by atoms with E-state index in [9.17, 15) is 9.59 Å². The number of methoxy groups -OCH3 is 2. The summed E-state index contributed by atoms with van der Waals surface area (Å²) in [7, 11) is 3.10. The first-order valence-electron chi connectivity index (χ1n) is 9.46. The fraction of sp³-hybridized carbons (Fsp3) is 0.304. The molecule has 1 heterocycles. The van der Waals surface area contributed by atoms with Gasteiger partial charge >= 0.3 is 5.97 Å². The van der Waals surface area contributed by atoms with Crippen LogP contribution in [-0.2, 0) is 20.7 Å². The van der Waals surface area contributed by atoms with Crippen molar-refractivity contribution in [2.75, 3.05) is 19.1 Å². The lowest BCUT2D eigenvalue weighted by Gasteiger charge is -2.25. The Bertz CT molecular complexity index is 937. The molecule has 0 radical (unpaired) electrons. The van der Waals surface area contributed by atoms with Crippen LogP contribution in [0, 0.1) is 0 Å². The van der Waals surface area contributed by atoms with Crippen LogP contribution in [0.3, 0.4) is 0 Å². The van der Waals surface area contributed by atoms with E-state index >= 15 is 0 Å². The minimum atomic E-state index is -0.883. The zero-order chi connectivity index (χ0) is 21.0. The van der Waals surface area contributed by atoms with Crippen LogP contribution in [0.25, 0.3) is 6.08 Å². The third kappa shape index (κ3) is 4.42. The van der Waals surface area contributed by atoms with Crippen LogP contribution in [0.2, 0.25) is 0 Å². The summed E-state index contributed by atoms with van der Waals surface area (Å²) in [5.41, 5.74) is 2.76. The molecule has 0 aromatic heterocycles. The second kappa shape index (κ2) is 8.82. The monoisotopic (exact) mass is 395 g/mol. The molecule has 2 atom stereocenters. The molecule has 6 heteroatoms. The number of ether oxygens (including phenoxy) is 3. The predicted octanol–water partition coefficient (Wildman–Crippen LogP) is 3.63. The van der Waals surface area contributed by atoms with Gasteiger partial charge in [-0.3, -0.25) is 4.79 Å². The van der Waals surface area contributed by atoms with Gasteiger partial charge in [-0.2, -0.15) is 0 Å². The fourth-order valence-corrected chi connectivity index (χ4v) is 3.48. The van der Waals surface area contributed by atoms with Gasteiger partial charge in [0.1, 0.15) is 0 Å². The third-order valence-electron chi connectivity index (χ3n) is 4.90. The van der Waals surface area contributed by atoms with Gasteiger partial charge in [-0.25, -0.2) is 4.79 Å². The quantitative estimate of drug-likeness (QED) is 0.552. The van der Waals surface area contributed by atoms with Crippen molar-refractivity contribution in [3.8, 4) is 11.5 Å². The molecule has 0 bridgehead atoms. The molecular weight excluding hydrogens is 370 g/mol. The van der Waals surface area contributed by atoms with Crippen LogP contribution < -0.4 is 14.4 Å². The normalized spacial score (nSPS) is 16.4. The molecule has 3 rings (SSSR count). The molecule has 0 saturated heterocycles. The Hall–Kier alpha value is -3.28. The van der Waals surface area contributed by atoms with E-state index in [-0.39, 0.29) is 11.9 Å². The lowest BCUT2D eigenvalue weighted by Crippen LogP contribution is -2.43. The van der Waals surface area contributed by atoms with Crippen LogP contribution in [-0.4, -0.2) is 38.2 Å². The van der Waals surface area contributed by atoms with Crippen LogP contribution >= 0.6 is 0 Å². The molecule has 29 heavy (non-hydrogen) atoms. The highest BCUT2D eigenvalue weighted by molar-refractivity contribution is 6.00. The van der Waals surface area contributed by atoms with E-state index in [1.54, 1.807) is 50.3 Å². The number of fused-ring (bicyclic) bond motifs is 1. The average Bonchev–Trinajstić information content (AvgIpc) is 3.06. The molecule has 1 aliphatic rings. The van der Waals surface area contributed by atoms with Crippen LogP contribution in [0.1, 0.15) is 25.0 Å². The van der Waals surface area contributed by atoms with Gasteiger partial charge in [0.2, 0.25) is 0 Å². The molecule has 2 aromatic rings. The zero-order valence-electron chi connectivity index (χ0n) is 17.0. The van der Waals surface area contributed by atoms with Gasteiger partial charge in [-0.15, -0.1) is 0 Å². The summed E-state index contributed by atoms with van der Waals surface area (Å²) in [5.74, 6) is 0.357. The molecule has 0 spiro atoms. The number of carbonyl (C=O) groups excluding carboxylic acids is 2. The Balaban J connectivity index is 1.65. The molecule has 1 amide bonds. The fourth-order valence-electron chi connectivity index (χ4n) is 3.48. The van der Waals surface area contributed by atoms with Crippen molar-refractivity contribution in [1.82, 2.24) is 0 Å². The maximum atomic E-state index is 12.9. The Kier molecular flexibility index (Phi) is 6.22. The van der Waals surface area contributed by atoms with E-state index in [4.69, 9.17) is 14.2 Å². The summed E-state index contributed by atoms with van der Waals surface area (Å²) in [5, 5.41) is 0. The van der Waals surface area contributed by atoms with Crippen LogP contribution in [0.4, 0.5) is 5.69 Å². The highest BCUT2D eigenvalue weighted by Gasteiger charge is 2.34. The summed E-state index contributed by atoms with van der Waals surface area (Å²) in [6.07, 6.45) is 2.81. The van der Waals surface area contributed by atoms with Gasteiger partial charge in [-0.1, -0.05) is 24.3 Å². The van der Waals surface area contributed by atoms with Gasteiger partial charge in [-0.05, 0) is 55.7 Å². The van der Waals surface area contributed by atoms with Gasteiger partial charge in [0.15, 0.2) is 17.6 Å². The number of nitrogens with zero attached hydrogens (tertiary/aromatic N) is 1. The summed E-state index contributed by atoms with van der Waals surface area (Å²) in [6, 6.07) is 13.1. The van der Waals surface area contributed by atoms with Crippen molar-refractivity contribution in [2.45, 2.75) is 32.4 Å². The number of amides is 1. The number of rotatable bonds is 6. The maximum absolute atomic E-state index is 12.9. The van der Waals surface area contributed by atoms with E-state index in [1.807, 2.05) is 31.2 Å². The minimum Gasteiger partial charge on any atom is -0.493 e. The Morgan fingerprint density at radius 3 is 2.55 bits per heavy atom. The molecule has 152 valence electrons. The van der Waals surface area contributed by atoms with E-state index in [0.717, 1.165) is 23.2 Å². The number of hydrogen-bond acceptors (Lipinski definition) is 5. The molecule has 0 fully saturated rings. The third-order valence-corrected chi connectivity index (χ3v) is 4.90. The van der Waals surface area contributed by atoms with Gasteiger partial charge < -0.3 is 19.1 Å². The maximum Gasteiger partial charge on any atom is 0.331 e. The first-order chi connectivity index (χ1) is 13.9. The van der Waals surface area contributed by atoms with E-state index in [1.165, 1.54) is 6.08 Å². The van der Waals surface area contributed by atoms with E-state index < -0.39 is 12.1 Å². The van der Waals surface area contributed by atoms with Crippen molar-refractivity contribution in [3.05, 3.63) is 59.7 Å². The number of anilines is 1. The second-order valence-electron chi connectivity index (χ2n) is 6.92. The summed E-state index contributed by atoms with van der Waals surface area (Å²) in [4.78, 5) is 26.8. The minimum absolute atomic E-state index is 0.0309. The second-order valence-corrected chi connectivity index (χ2v) is 6.92. The molecule has 0 unspecified atom stereocenters. The molecule has 6 nitrogen and oxygen atoms in total. The van der Waals surface area contributed by atoms with Crippen molar-refractivity contribution >= 4 is 23.6 Å². The number of esters is 1. The zero-order valence-corrected chi connectivity index (χ0v) is 17.0. The van der Waals surface area contributed by atoms with Crippen molar-refractivity contribution in [3.63, 3.8) is 0 Å². The average molecular weight is 395 g/mol. The van der Waals surface area contributed by atoms with Gasteiger partial charge in [0, 0.05) is 17.8 Å². The number of para-hydroxylation sites is 1. The highest BCUT2D eigenvalue weighted by Crippen LogP contribution is 2.32. The largest absolute Gasteiger partial charge is 0.493 e. The highest BCUT2D eigenvalue weighted by atomic mass is 16.5. The van der Waals surface area contributed by atoms with Crippen LogP contribution in [0.5, 0.6) is 11.5 Å². The smallest absolute Gasteiger partial charge is 0.331 e. The molecule has 2 aromatic carbocycles. The molecular formula is C23H25NO5. The van der Waals surface area contributed by atoms with Gasteiger partial charge in [0.05, 0.1) is 14.2 Å². The topological polar surface area (TPSA) is 65.1 Å². The van der Waals surface area contributed by atoms with Crippen molar-refractivity contribution < 1.29 is 23.8 Å². The summed E-state index contributed by atoms with van der Waals surface area (Å²) >= 11 is 0. The molecule has 0 aliphatic carbocycles. The van der Waals surface area contributed by atoms with E-state index in [0.29, 0.717) is 11.5 Å². The Morgan fingerprint density at radius 1 is 1.10 bits per heavy atom. The number of carbonyl (C=O) groups is 2. The van der Waals surface area contributed by atoms with E-state index in [2.05, 4.69) is 0 Å². The SMILES string of the molecule is COc1ccc(/C=C/C(=O)O[C@H](C)C(=O)N2c3ccccc3C[C@H]2C)cc1OC.